The Hall–Kier alpha value is -0.830. The molecule has 0 aliphatic heterocycles. The summed E-state index contributed by atoms with van der Waals surface area (Å²) in [5.41, 5.74) is 2.51. The van der Waals surface area contributed by atoms with E-state index in [-0.39, 0.29) is 5.91 Å². The highest BCUT2D eigenvalue weighted by Gasteiger charge is 2.20. The second-order valence-corrected chi connectivity index (χ2v) is 7.22. The van der Waals surface area contributed by atoms with Gasteiger partial charge in [0.15, 0.2) is 0 Å². The Morgan fingerprint density at radius 3 is 3.00 bits per heavy atom. The van der Waals surface area contributed by atoms with Gasteiger partial charge in [0.05, 0.1) is 0 Å². The summed E-state index contributed by atoms with van der Waals surface area (Å²) < 4.78 is 0. The van der Waals surface area contributed by atoms with Gasteiger partial charge in [-0.2, -0.15) is 0 Å². The van der Waals surface area contributed by atoms with Crippen molar-refractivity contribution in [3.05, 3.63) is 35.4 Å². The fourth-order valence-corrected chi connectivity index (χ4v) is 3.74. The molecule has 2 atom stereocenters. The van der Waals surface area contributed by atoms with Gasteiger partial charge < -0.3 is 5.32 Å². The second-order valence-electron chi connectivity index (χ2n) is 5.92. The normalized spacial score (nSPS) is 22.5. The van der Waals surface area contributed by atoms with Crippen LogP contribution in [0.4, 0.5) is 0 Å². The predicted molar refractivity (Wildman–Crippen MR) is 87.2 cm³/mol. The average Bonchev–Trinajstić information content (AvgIpc) is 2.43. The van der Waals surface area contributed by atoms with E-state index in [9.17, 15) is 4.79 Å². The molecule has 1 saturated carbocycles. The fourth-order valence-electron chi connectivity index (χ4n) is 2.88. The van der Waals surface area contributed by atoms with Gasteiger partial charge in [0.1, 0.15) is 0 Å². The number of rotatable bonds is 5. The van der Waals surface area contributed by atoms with E-state index in [2.05, 4.69) is 52.4 Å². The number of carbonyl (C=O) groups is 1. The molecule has 0 spiro atoms. The van der Waals surface area contributed by atoms with Gasteiger partial charge >= 0.3 is 0 Å². The van der Waals surface area contributed by atoms with Crippen LogP contribution >= 0.6 is 15.9 Å². The number of hydrogen-bond acceptors (Lipinski definition) is 1. The van der Waals surface area contributed by atoms with Crippen molar-refractivity contribution in [1.29, 1.82) is 0 Å². The molecule has 1 aliphatic rings. The van der Waals surface area contributed by atoms with Crippen LogP contribution in [0, 0.1) is 12.8 Å². The maximum absolute atomic E-state index is 11.9. The van der Waals surface area contributed by atoms with Crippen LogP contribution in [-0.4, -0.2) is 17.3 Å². The van der Waals surface area contributed by atoms with Gasteiger partial charge in [-0.25, -0.2) is 0 Å². The summed E-state index contributed by atoms with van der Waals surface area (Å²) in [5, 5.41) is 3.10. The van der Waals surface area contributed by atoms with Gasteiger partial charge in [-0.1, -0.05) is 52.2 Å². The first-order valence-corrected chi connectivity index (χ1v) is 8.51. The first kappa shape index (κ1) is 15.6. The van der Waals surface area contributed by atoms with Crippen LogP contribution in [-0.2, 0) is 11.2 Å². The Morgan fingerprint density at radius 1 is 1.40 bits per heavy atom. The highest BCUT2D eigenvalue weighted by atomic mass is 79.9. The predicted octanol–water partition coefficient (Wildman–Crippen LogP) is 4.00. The van der Waals surface area contributed by atoms with Crippen molar-refractivity contribution >= 4 is 21.8 Å². The topological polar surface area (TPSA) is 29.1 Å². The van der Waals surface area contributed by atoms with Gasteiger partial charge in [0.25, 0.3) is 0 Å². The standard InChI is InChI=1S/C17H24BrNO/c1-13-4-2-5-14(10-13)8-9-17(20)19-12-15-6-3-7-16(18)11-15/h2,4-5,10,15-16H,3,6-9,11-12H2,1H3,(H,19,20). The molecule has 1 fully saturated rings. The molecule has 1 aliphatic carbocycles. The number of carbonyl (C=O) groups excluding carboxylic acids is 1. The monoisotopic (exact) mass is 337 g/mol. The molecule has 1 amide bonds. The molecular formula is C17H24BrNO. The van der Waals surface area contributed by atoms with Crippen LogP contribution in [0.2, 0.25) is 0 Å². The van der Waals surface area contributed by atoms with Crippen molar-refractivity contribution < 1.29 is 4.79 Å². The summed E-state index contributed by atoms with van der Waals surface area (Å²) >= 11 is 3.69. The highest BCUT2D eigenvalue weighted by molar-refractivity contribution is 9.09. The maximum Gasteiger partial charge on any atom is 0.220 e. The molecule has 0 heterocycles. The summed E-state index contributed by atoms with van der Waals surface area (Å²) in [6.07, 6.45) is 6.42. The Bertz CT molecular complexity index is 446. The zero-order chi connectivity index (χ0) is 14.4. The molecule has 20 heavy (non-hydrogen) atoms. The average molecular weight is 338 g/mol. The third-order valence-corrected chi connectivity index (χ3v) is 4.86. The summed E-state index contributed by atoms with van der Waals surface area (Å²) in [7, 11) is 0. The lowest BCUT2D eigenvalue weighted by Gasteiger charge is -2.25. The van der Waals surface area contributed by atoms with E-state index in [1.54, 1.807) is 0 Å². The third-order valence-electron chi connectivity index (χ3n) is 4.03. The largest absolute Gasteiger partial charge is 0.356 e. The summed E-state index contributed by atoms with van der Waals surface area (Å²) in [5.74, 6) is 0.833. The molecule has 1 aromatic carbocycles. The molecular weight excluding hydrogens is 314 g/mol. The molecule has 3 heteroatoms. The van der Waals surface area contributed by atoms with Crippen LogP contribution in [0.15, 0.2) is 24.3 Å². The Labute approximate surface area is 130 Å². The van der Waals surface area contributed by atoms with E-state index in [1.165, 1.54) is 36.8 Å². The van der Waals surface area contributed by atoms with Crippen LogP contribution < -0.4 is 5.32 Å². The molecule has 0 aromatic heterocycles. The molecule has 110 valence electrons. The van der Waals surface area contributed by atoms with E-state index >= 15 is 0 Å². The van der Waals surface area contributed by atoms with Crippen molar-refractivity contribution in [2.24, 2.45) is 5.92 Å². The van der Waals surface area contributed by atoms with Crippen LogP contribution in [0.1, 0.15) is 43.2 Å². The smallest absolute Gasteiger partial charge is 0.220 e. The first-order chi connectivity index (χ1) is 9.63. The minimum absolute atomic E-state index is 0.184. The number of halogens is 1. The SMILES string of the molecule is Cc1cccc(CCC(=O)NCC2CCCC(Br)C2)c1. The quantitative estimate of drug-likeness (QED) is 0.808. The summed E-state index contributed by atoms with van der Waals surface area (Å²) in [6.45, 7) is 2.93. The molecule has 0 radical (unpaired) electrons. The highest BCUT2D eigenvalue weighted by Crippen LogP contribution is 2.28. The number of nitrogens with one attached hydrogen (secondary N) is 1. The van der Waals surface area contributed by atoms with Gasteiger partial charge in [0, 0.05) is 17.8 Å². The van der Waals surface area contributed by atoms with Gasteiger partial charge in [-0.3, -0.25) is 4.79 Å². The zero-order valence-electron chi connectivity index (χ0n) is 12.2. The van der Waals surface area contributed by atoms with E-state index in [0.717, 1.165) is 13.0 Å². The van der Waals surface area contributed by atoms with E-state index in [4.69, 9.17) is 0 Å². The van der Waals surface area contributed by atoms with Crippen LogP contribution in [0.25, 0.3) is 0 Å². The van der Waals surface area contributed by atoms with Crippen molar-refractivity contribution in [3.63, 3.8) is 0 Å². The minimum atomic E-state index is 0.184. The van der Waals surface area contributed by atoms with Gasteiger partial charge in [-0.05, 0) is 44.1 Å². The number of benzene rings is 1. The Morgan fingerprint density at radius 2 is 2.25 bits per heavy atom. The summed E-state index contributed by atoms with van der Waals surface area (Å²) in [6, 6.07) is 8.39. The molecule has 0 saturated heterocycles. The summed E-state index contributed by atoms with van der Waals surface area (Å²) in [4.78, 5) is 12.5. The van der Waals surface area contributed by atoms with Crippen molar-refractivity contribution in [2.45, 2.75) is 50.3 Å². The van der Waals surface area contributed by atoms with Crippen LogP contribution in [0.5, 0.6) is 0 Å². The van der Waals surface area contributed by atoms with E-state index in [0.29, 0.717) is 17.2 Å². The van der Waals surface area contributed by atoms with E-state index < -0.39 is 0 Å². The van der Waals surface area contributed by atoms with Crippen molar-refractivity contribution in [1.82, 2.24) is 5.32 Å². The maximum atomic E-state index is 11.9. The Kier molecular flexibility index (Phi) is 6.08. The number of hydrogen-bond donors (Lipinski definition) is 1. The van der Waals surface area contributed by atoms with Crippen LogP contribution in [0.3, 0.4) is 0 Å². The number of aryl methyl sites for hydroxylation is 2. The van der Waals surface area contributed by atoms with Crippen molar-refractivity contribution in [2.75, 3.05) is 6.54 Å². The minimum Gasteiger partial charge on any atom is -0.356 e. The third kappa shape index (κ3) is 5.28. The van der Waals surface area contributed by atoms with Gasteiger partial charge in [-0.15, -0.1) is 0 Å². The van der Waals surface area contributed by atoms with Gasteiger partial charge in [0.2, 0.25) is 5.91 Å². The Balaban J connectivity index is 1.67. The molecule has 0 bridgehead atoms. The van der Waals surface area contributed by atoms with E-state index in [1.807, 2.05) is 0 Å². The lowest BCUT2D eigenvalue weighted by molar-refractivity contribution is -0.121. The number of amides is 1. The van der Waals surface area contributed by atoms with Crippen molar-refractivity contribution in [3.8, 4) is 0 Å². The lowest BCUT2D eigenvalue weighted by atomic mass is 9.89. The second kappa shape index (κ2) is 7.82. The fraction of sp³-hybridized carbons (Fsp3) is 0.588. The molecule has 1 aromatic rings. The molecule has 2 rings (SSSR count). The lowest BCUT2D eigenvalue weighted by Crippen LogP contribution is -2.32. The first-order valence-electron chi connectivity index (χ1n) is 7.60. The zero-order valence-corrected chi connectivity index (χ0v) is 13.8. The molecule has 2 unspecified atom stereocenters. The molecule has 1 N–H and O–H groups in total. The number of alkyl halides is 1. The molecule has 2 nitrogen and oxygen atoms in total.